The van der Waals surface area contributed by atoms with Gasteiger partial charge in [0.1, 0.15) is 10.7 Å². The number of hydrogen-bond acceptors (Lipinski definition) is 6. The first-order valence-corrected chi connectivity index (χ1v) is 11.9. The second-order valence-corrected chi connectivity index (χ2v) is 10.6. The molecule has 0 radical (unpaired) electrons. The van der Waals surface area contributed by atoms with E-state index < -0.39 is 15.4 Å². The Labute approximate surface area is 187 Å². The molecule has 8 nitrogen and oxygen atoms in total. The van der Waals surface area contributed by atoms with Crippen molar-refractivity contribution in [1.29, 1.82) is 0 Å². The van der Waals surface area contributed by atoms with Crippen LogP contribution in [0.5, 0.6) is 0 Å². The van der Waals surface area contributed by atoms with Gasteiger partial charge in [-0.2, -0.15) is 4.31 Å². The highest BCUT2D eigenvalue weighted by molar-refractivity contribution is 7.89. The molecule has 1 saturated heterocycles. The Bertz CT molecular complexity index is 1330. The predicted molar refractivity (Wildman–Crippen MR) is 120 cm³/mol. The van der Waals surface area contributed by atoms with Crippen LogP contribution in [0, 0.1) is 6.92 Å². The van der Waals surface area contributed by atoms with Crippen molar-refractivity contribution in [3.63, 3.8) is 0 Å². The summed E-state index contributed by atoms with van der Waals surface area (Å²) in [5.74, 6) is 0.546. The van der Waals surface area contributed by atoms with Gasteiger partial charge in [-0.15, -0.1) is 0 Å². The summed E-state index contributed by atoms with van der Waals surface area (Å²) in [6.45, 7) is 6.58. The van der Waals surface area contributed by atoms with Crippen LogP contribution in [0.2, 0.25) is 0 Å². The number of carbonyl (C=O) groups excluding carboxylic acids is 1. The molecule has 1 amide bonds. The number of sulfonamides is 1. The van der Waals surface area contributed by atoms with E-state index in [-0.39, 0.29) is 10.8 Å². The lowest BCUT2D eigenvalue weighted by molar-refractivity contribution is -0.121. The van der Waals surface area contributed by atoms with Gasteiger partial charge in [0, 0.05) is 37.2 Å². The molecular formula is C23H23N5O3S. The summed E-state index contributed by atoms with van der Waals surface area (Å²) in [5, 5.41) is 0. The quantitative estimate of drug-likeness (QED) is 0.607. The largest absolute Gasteiger partial charge is 0.278 e. The second-order valence-electron chi connectivity index (χ2n) is 8.65. The molecule has 5 rings (SSSR count). The molecule has 2 aromatic heterocycles. The fraction of sp³-hybridized carbons (Fsp3) is 0.304. The summed E-state index contributed by atoms with van der Waals surface area (Å²) >= 11 is 0. The lowest BCUT2D eigenvalue weighted by atomic mass is 9.85. The number of pyridine rings is 1. The fourth-order valence-electron chi connectivity index (χ4n) is 4.07. The van der Waals surface area contributed by atoms with Crippen molar-refractivity contribution in [2.24, 2.45) is 0 Å². The van der Waals surface area contributed by atoms with Crippen molar-refractivity contribution in [2.45, 2.75) is 37.5 Å². The molecule has 0 saturated carbocycles. The normalized spacial score (nSPS) is 17.8. The minimum Gasteiger partial charge on any atom is -0.278 e. The van der Waals surface area contributed by atoms with Crippen LogP contribution in [0.15, 0.2) is 53.9 Å². The van der Waals surface area contributed by atoms with Gasteiger partial charge in [-0.1, -0.05) is 12.1 Å². The van der Waals surface area contributed by atoms with Gasteiger partial charge in [0.25, 0.3) is 0 Å². The molecule has 2 aliphatic rings. The van der Waals surface area contributed by atoms with Gasteiger partial charge in [-0.3, -0.25) is 14.7 Å². The first-order valence-electron chi connectivity index (χ1n) is 10.4. The van der Waals surface area contributed by atoms with Gasteiger partial charge >= 0.3 is 0 Å². The average Bonchev–Trinajstić information content (AvgIpc) is 2.92. The van der Waals surface area contributed by atoms with Crippen LogP contribution >= 0.6 is 0 Å². The van der Waals surface area contributed by atoms with Crippen LogP contribution in [0.4, 0.5) is 11.4 Å². The molecule has 1 fully saturated rings. The summed E-state index contributed by atoms with van der Waals surface area (Å²) in [6, 6.07) is 7.35. The van der Waals surface area contributed by atoms with Crippen molar-refractivity contribution < 1.29 is 13.2 Å². The van der Waals surface area contributed by atoms with Crippen molar-refractivity contribution in [3.05, 3.63) is 60.4 Å². The van der Waals surface area contributed by atoms with E-state index in [1.807, 2.05) is 39.0 Å². The van der Waals surface area contributed by atoms with Crippen LogP contribution in [-0.2, 0) is 20.2 Å². The number of amides is 1. The van der Waals surface area contributed by atoms with Crippen LogP contribution in [0.3, 0.4) is 0 Å². The molecule has 4 heterocycles. The standard InChI is InChI=1S/C23H23N5O3S/c1-15-25-11-17(12-26-15)16-5-6-20-21(9-16)28(22(29)23(20,2)3)18-10-19(14-24-13-18)32(30,31)27-7-4-8-27/h5-6,9-14H,4,7-8H2,1-3H3. The highest BCUT2D eigenvalue weighted by Crippen LogP contribution is 2.46. The van der Waals surface area contributed by atoms with Crippen molar-refractivity contribution in [2.75, 3.05) is 18.0 Å². The molecule has 0 atom stereocenters. The third-order valence-corrected chi connectivity index (χ3v) is 8.04. The number of benzene rings is 1. The van der Waals surface area contributed by atoms with Crippen molar-refractivity contribution >= 4 is 27.3 Å². The Morgan fingerprint density at radius 3 is 2.34 bits per heavy atom. The monoisotopic (exact) mass is 449 g/mol. The molecule has 0 spiro atoms. The van der Waals surface area contributed by atoms with Gasteiger partial charge in [0.05, 0.1) is 23.0 Å². The summed E-state index contributed by atoms with van der Waals surface area (Å²) in [6.07, 6.45) is 7.21. The van der Waals surface area contributed by atoms with Crippen molar-refractivity contribution in [1.82, 2.24) is 19.3 Å². The zero-order valence-electron chi connectivity index (χ0n) is 18.1. The SMILES string of the molecule is Cc1ncc(-c2ccc3c(c2)N(c2cncc(S(=O)(=O)N4CCC4)c2)C(=O)C3(C)C)cn1. The molecule has 0 bridgehead atoms. The van der Waals surface area contributed by atoms with Crippen molar-refractivity contribution in [3.8, 4) is 11.1 Å². The van der Waals surface area contributed by atoms with Gasteiger partial charge in [0.15, 0.2) is 0 Å². The fourth-order valence-corrected chi connectivity index (χ4v) is 5.58. The number of nitrogens with zero attached hydrogens (tertiary/aromatic N) is 5. The molecule has 3 aromatic rings. The first-order chi connectivity index (χ1) is 15.2. The Balaban J connectivity index is 1.62. The highest BCUT2D eigenvalue weighted by atomic mass is 32.2. The number of aromatic nitrogens is 3. The predicted octanol–water partition coefficient (Wildman–Crippen LogP) is 3.20. The van der Waals surface area contributed by atoms with Crippen LogP contribution in [-0.4, -0.2) is 46.7 Å². The molecule has 9 heteroatoms. The van der Waals surface area contributed by atoms with Crippen LogP contribution < -0.4 is 4.90 Å². The number of rotatable bonds is 4. The van der Waals surface area contributed by atoms with Gasteiger partial charge < -0.3 is 0 Å². The van der Waals surface area contributed by atoms with Crippen LogP contribution in [0.25, 0.3) is 11.1 Å². The zero-order chi connectivity index (χ0) is 22.7. The van der Waals surface area contributed by atoms with E-state index >= 15 is 0 Å². The van der Waals surface area contributed by atoms with E-state index in [4.69, 9.17) is 0 Å². The summed E-state index contributed by atoms with van der Waals surface area (Å²) in [5.41, 5.74) is 2.96. The number of anilines is 2. The summed E-state index contributed by atoms with van der Waals surface area (Å²) in [7, 11) is -3.62. The van der Waals surface area contributed by atoms with E-state index in [1.54, 1.807) is 17.3 Å². The lowest BCUT2D eigenvalue weighted by Crippen LogP contribution is -2.42. The Morgan fingerprint density at radius 1 is 0.969 bits per heavy atom. The Morgan fingerprint density at radius 2 is 1.69 bits per heavy atom. The molecule has 164 valence electrons. The minimum absolute atomic E-state index is 0.0943. The van der Waals surface area contributed by atoms with E-state index in [1.165, 1.54) is 22.8 Å². The van der Waals surface area contributed by atoms with E-state index in [2.05, 4.69) is 15.0 Å². The number of carbonyl (C=O) groups is 1. The van der Waals surface area contributed by atoms with E-state index in [0.717, 1.165) is 23.1 Å². The highest BCUT2D eigenvalue weighted by Gasteiger charge is 2.45. The molecular weight excluding hydrogens is 426 g/mol. The molecule has 0 N–H and O–H groups in total. The number of fused-ring (bicyclic) bond motifs is 1. The maximum absolute atomic E-state index is 13.5. The minimum atomic E-state index is -3.62. The van der Waals surface area contributed by atoms with Gasteiger partial charge in [-0.25, -0.2) is 18.4 Å². The van der Waals surface area contributed by atoms with Gasteiger partial charge in [0.2, 0.25) is 15.9 Å². The zero-order valence-corrected chi connectivity index (χ0v) is 18.9. The second kappa shape index (κ2) is 7.18. The molecule has 1 aromatic carbocycles. The van der Waals surface area contributed by atoms with E-state index in [0.29, 0.717) is 30.3 Å². The topological polar surface area (TPSA) is 96.4 Å². The maximum Gasteiger partial charge on any atom is 0.244 e. The Hall–Kier alpha value is -3.17. The Kier molecular flexibility index (Phi) is 4.65. The molecule has 32 heavy (non-hydrogen) atoms. The first kappa shape index (κ1) is 20.7. The van der Waals surface area contributed by atoms with Gasteiger partial charge in [-0.05, 0) is 50.5 Å². The average molecular weight is 450 g/mol. The molecule has 0 unspecified atom stereocenters. The van der Waals surface area contributed by atoms with Crippen LogP contribution in [0.1, 0.15) is 31.7 Å². The number of hydrogen-bond donors (Lipinski definition) is 0. The third kappa shape index (κ3) is 3.11. The summed E-state index contributed by atoms with van der Waals surface area (Å²) < 4.78 is 27.2. The van der Waals surface area contributed by atoms with E-state index in [9.17, 15) is 13.2 Å². The maximum atomic E-state index is 13.5. The molecule has 2 aliphatic heterocycles. The number of aryl methyl sites for hydroxylation is 1. The third-order valence-electron chi connectivity index (χ3n) is 6.17. The smallest absolute Gasteiger partial charge is 0.244 e. The molecule has 0 aliphatic carbocycles. The lowest BCUT2D eigenvalue weighted by Gasteiger charge is -2.30. The summed E-state index contributed by atoms with van der Waals surface area (Å²) in [4.78, 5) is 27.8.